The van der Waals surface area contributed by atoms with Crippen LogP contribution in [0.15, 0.2) is 88.4 Å². The Balaban J connectivity index is 1.57. The van der Waals surface area contributed by atoms with E-state index in [1.165, 1.54) is 31.2 Å². The number of anilines is 1. The van der Waals surface area contributed by atoms with Crippen molar-refractivity contribution in [3.8, 4) is 0 Å². The molecule has 0 radical (unpaired) electrons. The Labute approximate surface area is 236 Å². The van der Waals surface area contributed by atoms with E-state index < -0.39 is 59.5 Å². The van der Waals surface area contributed by atoms with Gasteiger partial charge in [0.2, 0.25) is 0 Å². The summed E-state index contributed by atoms with van der Waals surface area (Å²) in [4.78, 5) is 25.4. The first-order valence-electron chi connectivity index (χ1n) is 11.2. The Hall–Kier alpha value is -4.41. The third kappa shape index (κ3) is 6.40. The molecule has 4 N–H and O–H groups in total. The Morgan fingerprint density at radius 1 is 0.738 bits per heavy atom. The highest BCUT2D eigenvalue weighted by Gasteiger charge is 2.23. The van der Waals surface area contributed by atoms with Crippen molar-refractivity contribution < 1.29 is 38.5 Å². The van der Waals surface area contributed by atoms with Crippen molar-refractivity contribution in [2.45, 2.75) is 16.7 Å². The van der Waals surface area contributed by atoms with Gasteiger partial charge < -0.3 is 5.73 Å². The number of benzene rings is 2. The second-order valence-corrected chi connectivity index (χ2v) is 13.0. The highest BCUT2D eigenvalue weighted by molar-refractivity contribution is 7.91. The van der Waals surface area contributed by atoms with Crippen molar-refractivity contribution in [2.24, 2.45) is 20.5 Å². The van der Waals surface area contributed by atoms with Crippen molar-refractivity contribution >= 4 is 58.9 Å². The molecule has 0 amide bonds. The molecule has 0 saturated heterocycles. The van der Waals surface area contributed by atoms with Crippen molar-refractivity contribution in [2.75, 3.05) is 18.1 Å². The fourth-order valence-electron chi connectivity index (χ4n) is 3.56. The van der Waals surface area contributed by atoms with Gasteiger partial charge in [0.1, 0.15) is 0 Å². The van der Waals surface area contributed by atoms with Crippen LogP contribution in [0.4, 0.5) is 28.6 Å². The van der Waals surface area contributed by atoms with Crippen LogP contribution >= 0.6 is 0 Å². The van der Waals surface area contributed by atoms with E-state index in [9.17, 15) is 34.8 Å². The maximum Gasteiger partial charge on any atom is 0.397 e. The fraction of sp³-hybridized carbons (Fsp3) is 0.143. The van der Waals surface area contributed by atoms with Gasteiger partial charge in [-0.3, -0.25) is 18.7 Å². The van der Waals surface area contributed by atoms with Gasteiger partial charge in [-0.05, 0) is 55.5 Å². The predicted molar refractivity (Wildman–Crippen MR) is 144 cm³/mol. The maximum atomic E-state index is 13.0. The molecular weight excluding hydrogens is 622 g/mol. The quantitative estimate of drug-likeness (QED) is 0.165. The minimum Gasteiger partial charge on any atom is -0.382 e. The van der Waals surface area contributed by atoms with E-state index in [1.54, 1.807) is 0 Å². The van der Waals surface area contributed by atoms with Crippen LogP contribution in [0.3, 0.4) is 0 Å². The third-order valence-electron chi connectivity index (χ3n) is 5.57. The van der Waals surface area contributed by atoms with Crippen molar-refractivity contribution in [3.05, 3.63) is 74.9 Å². The van der Waals surface area contributed by atoms with Gasteiger partial charge >= 0.3 is 21.5 Å². The third-order valence-corrected chi connectivity index (χ3v) is 8.59. The zero-order chi connectivity index (χ0) is 31.0. The molecule has 2 aromatic heterocycles. The predicted octanol–water partition coefficient (Wildman–Crippen LogP) is 1.76. The molecule has 0 saturated carbocycles. The molecule has 0 aliphatic carbocycles. The van der Waals surface area contributed by atoms with Gasteiger partial charge in [0.15, 0.2) is 27.0 Å². The molecule has 4 rings (SSSR count). The zero-order valence-electron chi connectivity index (χ0n) is 21.1. The molecule has 222 valence electrons. The average molecular weight is 642 g/mol. The lowest BCUT2D eigenvalue weighted by atomic mass is 10.3. The number of azo groups is 2. The summed E-state index contributed by atoms with van der Waals surface area (Å²) in [5.74, 6) is -1.10. The maximum absolute atomic E-state index is 13.0. The Morgan fingerprint density at radius 3 is 1.69 bits per heavy atom. The van der Waals surface area contributed by atoms with E-state index in [0.717, 1.165) is 33.3 Å². The number of nitrogens with zero attached hydrogens (tertiary/aromatic N) is 6. The number of sulfone groups is 1. The number of hydrogen-bond acceptors (Lipinski definition) is 14. The molecule has 0 spiro atoms. The van der Waals surface area contributed by atoms with Crippen molar-refractivity contribution in [3.63, 3.8) is 0 Å². The molecule has 2 aromatic carbocycles. The van der Waals surface area contributed by atoms with Crippen molar-refractivity contribution in [1.82, 2.24) is 9.03 Å². The molecule has 21 heteroatoms. The second-order valence-electron chi connectivity index (χ2n) is 8.33. The molecular formula is C21H19N7O11S3. The highest BCUT2D eigenvalue weighted by Crippen LogP contribution is 2.26. The fourth-order valence-corrected chi connectivity index (χ4v) is 5.53. The Morgan fingerprint density at radius 2 is 1.21 bits per heavy atom. The molecule has 0 atom stereocenters. The first-order valence-corrected chi connectivity index (χ1v) is 15.7. The van der Waals surface area contributed by atoms with Gasteiger partial charge in [-0.1, -0.05) is 0 Å². The van der Waals surface area contributed by atoms with Crippen LogP contribution in [0.5, 0.6) is 0 Å². The summed E-state index contributed by atoms with van der Waals surface area (Å²) in [6.45, 7) is 0.601. The van der Waals surface area contributed by atoms with Crippen LogP contribution in [0.2, 0.25) is 0 Å². The molecule has 0 fully saturated rings. The summed E-state index contributed by atoms with van der Waals surface area (Å²) in [5.41, 5.74) is 4.05. The topological polar surface area (TPSA) is 271 Å². The van der Waals surface area contributed by atoms with Crippen LogP contribution in [-0.2, 0) is 34.5 Å². The lowest BCUT2D eigenvalue weighted by molar-refractivity contribution is 0.284. The largest absolute Gasteiger partial charge is 0.397 e. The van der Waals surface area contributed by atoms with Crippen LogP contribution in [0.1, 0.15) is 5.69 Å². The highest BCUT2D eigenvalue weighted by atomic mass is 32.3. The van der Waals surface area contributed by atoms with E-state index in [-0.39, 0.29) is 38.4 Å². The summed E-state index contributed by atoms with van der Waals surface area (Å²) in [5, 5.41) is 15.4. The standard InChI is InChI=1S/C21H19N7O11S3/c1-12-17(25-23-14-4-8-16(9-5-14)41(33,34)35)20(29)28-19(22)18(21(30)27(12)28)26-24-13-2-6-15(7-3-13)40(31,32)11-10-39-42(36,37)38/h2-9H,10-11,22H2,1H3,(H,33,34,35)(H,36,37,38). The van der Waals surface area contributed by atoms with Gasteiger partial charge in [-0.15, -0.1) is 10.2 Å². The summed E-state index contributed by atoms with van der Waals surface area (Å²) < 4.78 is 91.4. The average Bonchev–Trinajstić information content (AvgIpc) is 3.30. The van der Waals surface area contributed by atoms with Crippen LogP contribution in [0, 0.1) is 6.92 Å². The van der Waals surface area contributed by atoms with Crippen molar-refractivity contribution in [1.29, 1.82) is 0 Å². The van der Waals surface area contributed by atoms with E-state index in [4.69, 9.17) is 14.8 Å². The summed E-state index contributed by atoms with van der Waals surface area (Å²) >= 11 is 0. The van der Waals surface area contributed by atoms with E-state index in [2.05, 4.69) is 24.6 Å². The lowest BCUT2D eigenvalue weighted by Gasteiger charge is -2.04. The molecule has 2 heterocycles. The second kappa shape index (κ2) is 11.1. The summed E-state index contributed by atoms with van der Waals surface area (Å²) in [6.07, 6.45) is 0. The molecule has 18 nitrogen and oxygen atoms in total. The normalized spacial score (nSPS) is 13.1. The smallest absolute Gasteiger partial charge is 0.382 e. The van der Waals surface area contributed by atoms with Gasteiger partial charge in [0.05, 0.1) is 39.2 Å². The number of rotatable bonds is 10. The van der Waals surface area contributed by atoms with Crippen LogP contribution < -0.4 is 16.9 Å². The number of fused-ring (bicyclic) bond motifs is 1. The first-order chi connectivity index (χ1) is 19.5. The zero-order valence-corrected chi connectivity index (χ0v) is 23.5. The van der Waals surface area contributed by atoms with Gasteiger partial charge in [-0.2, -0.15) is 31.6 Å². The number of hydrogen-bond donors (Lipinski definition) is 3. The van der Waals surface area contributed by atoms with E-state index >= 15 is 0 Å². The SMILES string of the molecule is Cc1c(N=Nc2ccc(S(=O)(=O)O)cc2)c(=O)n2c(N)c(N=Nc3ccc(S(=O)(=O)CCOS(=O)(=O)O)cc3)c(=O)n12. The van der Waals surface area contributed by atoms with Crippen LogP contribution in [-0.4, -0.2) is 55.7 Å². The minimum absolute atomic E-state index is 0.0593. The monoisotopic (exact) mass is 641 g/mol. The van der Waals surface area contributed by atoms with E-state index in [1.807, 2.05) is 0 Å². The first kappa shape index (κ1) is 30.5. The summed E-state index contributed by atoms with van der Waals surface area (Å²) in [7, 11) is -13.2. The Kier molecular flexibility index (Phi) is 8.08. The lowest BCUT2D eigenvalue weighted by Crippen LogP contribution is -2.15. The molecule has 0 aliphatic rings. The molecule has 0 unspecified atom stereocenters. The number of nitrogens with two attached hydrogens (primary N) is 1. The minimum atomic E-state index is -4.79. The number of aromatic nitrogens is 2. The number of aryl methyl sites for hydroxylation is 1. The van der Waals surface area contributed by atoms with Gasteiger partial charge in [-0.25, -0.2) is 17.1 Å². The molecule has 42 heavy (non-hydrogen) atoms. The molecule has 0 aliphatic heterocycles. The molecule has 4 aromatic rings. The summed E-state index contributed by atoms with van der Waals surface area (Å²) in [6, 6.07) is 9.43. The van der Waals surface area contributed by atoms with E-state index in [0.29, 0.717) is 0 Å². The number of nitrogen functional groups attached to an aromatic ring is 1. The van der Waals surface area contributed by atoms with Crippen LogP contribution in [0.25, 0.3) is 0 Å². The molecule has 0 bridgehead atoms. The van der Waals surface area contributed by atoms with Gasteiger partial charge in [0, 0.05) is 0 Å². The van der Waals surface area contributed by atoms with Gasteiger partial charge in [0.25, 0.3) is 10.1 Å². The Bertz CT molecular complexity index is 2170.